The van der Waals surface area contributed by atoms with Gasteiger partial charge < -0.3 is 19.1 Å². The van der Waals surface area contributed by atoms with Crippen molar-refractivity contribution in [1.82, 2.24) is 9.88 Å². The molecule has 4 rings (SSSR count). The van der Waals surface area contributed by atoms with Crippen molar-refractivity contribution in [2.75, 3.05) is 27.4 Å². The quantitative estimate of drug-likeness (QED) is 0.571. The Balaban J connectivity index is 1.46. The van der Waals surface area contributed by atoms with Crippen LogP contribution in [-0.2, 0) is 22.5 Å². The van der Waals surface area contributed by atoms with Gasteiger partial charge in [-0.2, -0.15) is 0 Å². The van der Waals surface area contributed by atoms with Crippen LogP contribution < -0.4 is 9.47 Å². The average molecular weight is 434 g/mol. The molecule has 7 nitrogen and oxygen atoms in total. The number of hydrogen-bond donors (Lipinski definition) is 0. The zero-order valence-corrected chi connectivity index (χ0v) is 18.7. The Morgan fingerprint density at radius 3 is 2.44 bits per heavy atom. The smallest absolute Gasteiger partial charge is 0.340 e. The maximum atomic E-state index is 12.8. The molecule has 0 spiro atoms. The van der Waals surface area contributed by atoms with E-state index in [4.69, 9.17) is 14.2 Å². The number of amides is 1. The monoisotopic (exact) mass is 434 g/mol. The zero-order valence-electron chi connectivity index (χ0n) is 18.7. The van der Waals surface area contributed by atoms with Crippen LogP contribution in [0.5, 0.6) is 11.5 Å². The van der Waals surface area contributed by atoms with Crippen LogP contribution in [0.25, 0.3) is 10.9 Å². The summed E-state index contributed by atoms with van der Waals surface area (Å²) in [6.45, 7) is 4.32. The summed E-state index contributed by atoms with van der Waals surface area (Å²) in [6.07, 6.45) is 0.697. The molecule has 7 heteroatoms. The topological polar surface area (TPSA) is 78.0 Å². The predicted octanol–water partition coefficient (Wildman–Crippen LogP) is 3.61. The van der Waals surface area contributed by atoms with E-state index in [9.17, 15) is 9.59 Å². The summed E-state index contributed by atoms with van der Waals surface area (Å²) in [6, 6.07) is 11.5. The van der Waals surface area contributed by atoms with E-state index in [1.54, 1.807) is 26.0 Å². The summed E-state index contributed by atoms with van der Waals surface area (Å²) < 4.78 is 16.1. The van der Waals surface area contributed by atoms with Gasteiger partial charge in [-0.1, -0.05) is 18.2 Å². The number of esters is 1. The van der Waals surface area contributed by atoms with E-state index < -0.39 is 5.97 Å². The first-order valence-electron chi connectivity index (χ1n) is 10.5. The lowest BCUT2D eigenvalue weighted by Gasteiger charge is -2.29. The van der Waals surface area contributed by atoms with Crippen LogP contribution in [0.4, 0.5) is 0 Å². The largest absolute Gasteiger partial charge is 0.493 e. The fourth-order valence-electron chi connectivity index (χ4n) is 4.22. The van der Waals surface area contributed by atoms with Crippen molar-refractivity contribution < 1.29 is 23.8 Å². The number of nitrogens with zero attached hydrogens (tertiary/aromatic N) is 2. The van der Waals surface area contributed by atoms with Gasteiger partial charge in [0.05, 0.1) is 31.0 Å². The number of carbonyl (C=O) groups is 2. The second-order valence-electron chi connectivity index (χ2n) is 7.83. The molecule has 0 N–H and O–H groups in total. The first-order chi connectivity index (χ1) is 15.4. The Labute approximate surface area is 186 Å². The van der Waals surface area contributed by atoms with E-state index in [2.05, 4.69) is 4.98 Å². The molecule has 166 valence electrons. The van der Waals surface area contributed by atoms with Gasteiger partial charge in [0.25, 0.3) is 5.91 Å². The number of fused-ring (bicyclic) bond motifs is 2. The number of benzene rings is 2. The minimum atomic E-state index is -0.532. The lowest BCUT2D eigenvalue weighted by Crippen LogP contribution is -2.38. The molecule has 1 aromatic heterocycles. The number of para-hydroxylation sites is 1. The fraction of sp³-hybridized carbons (Fsp3) is 0.320. The van der Waals surface area contributed by atoms with Gasteiger partial charge in [0.15, 0.2) is 18.1 Å². The first kappa shape index (κ1) is 21.6. The van der Waals surface area contributed by atoms with Crippen molar-refractivity contribution in [2.45, 2.75) is 26.8 Å². The summed E-state index contributed by atoms with van der Waals surface area (Å²) >= 11 is 0. The molecule has 0 saturated carbocycles. The van der Waals surface area contributed by atoms with Gasteiger partial charge in [0.2, 0.25) is 0 Å². The Hall–Kier alpha value is -3.61. The van der Waals surface area contributed by atoms with Gasteiger partial charge in [-0.15, -0.1) is 0 Å². The lowest BCUT2D eigenvalue weighted by molar-refractivity contribution is -0.135. The van der Waals surface area contributed by atoms with Gasteiger partial charge in [0, 0.05) is 18.5 Å². The highest BCUT2D eigenvalue weighted by Crippen LogP contribution is 2.33. The van der Waals surface area contributed by atoms with Crippen molar-refractivity contribution in [3.63, 3.8) is 0 Å². The number of rotatable bonds is 5. The molecule has 1 aliphatic rings. The molecule has 1 amide bonds. The maximum absolute atomic E-state index is 12.8. The van der Waals surface area contributed by atoms with Crippen LogP contribution >= 0.6 is 0 Å². The molecule has 2 aromatic carbocycles. The summed E-state index contributed by atoms with van der Waals surface area (Å²) in [4.78, 5) is 31.8. The van der Waals surface area contributed by atoms with Crippen LogP contribution in [-0.4, -0.2) is 49.1 Å². The number of methoxy groups -OCH3 is 2. The van der Waals surface area contributed by atoms with Crippen LogP contribution in [0, 0.1) is 13.8 Å². The van der Waals surface area contributed by atoms with E-state index in [0.29, 0.717) is 42.3 Å². The summed E-state index contributed by atoms with van der Waals surface area (Å²) in [5, 5.41) is 0.897. The van der Waals surface area contributed by atoms with Crippen LogP contribution in [0.1, 0.15) is 32.7 Å². The van der Waals surface area contributed by atoms with Crippen molar-refractivity contribution in [2.24, 2.45) is 0 Å². The molecule has 0 unspecified atom stereocenters. The molecule has 0 atom stereocenters. The highest BCUT2D eigenvalue weighted by molar-refractivity contribution is 5.99. The van der Waals surface area contributed by atoms with Gasteiger partial charge in [0.1, 0.15) is 0 Å². The molecule has 2 heterocycles. The summed E-state index contributed by atoms with van der Waals surface area (Å²) in [5.74, 6) is 0.537. The highest BCUT2D eigenvalue weighted by atomic mass is 16.5. The third-order valence-electron chi connectivity index (χ3n) is 5.93. The number of hydrogen-bond acceptors (Lipinski definition) is 6. The Morgan fingerprint density at radius 1 is 1.03 bits per heavy atom. The van der Waals surface area contributed by atoms with Crippen LogP contribution in [0.2, 0.25) is 0 Å². The van der Waals surface area contributed by atoms with E-state index >= 15 is 0 Å². The van der Waals surface area contributed by atoms with E-state index in [-0.39, 0.29) is 12.5 Å². The minimum absolute atomic E-state index is 0.233. The second kappa shape index (κ2) is 8.86. The minimum Gasteiger partial charge on any atom is -0.493 e. The van der Waals surface area contributed by atoms with Gasteiger partial charge in [-0.25, -0.2) is 4.79 Å². The molecule has 0 aliphatic carbocycles. The molecule has 3 aromatic rings. The second-order valence-corrected chi connectivity index (χ2v) is 7.83. The molecular weight excluding hydrogens is 408 g/mol. The van der Waals surface area contributed by atoms with Crippen molar-refractivity contribution in [1.29, 1.82) is 0 Å². The van der Waals surface area contributed by atoms with E-state index in [0.717, 1.165) is 27.6 Å². The molecule has 0 saturated heterocycles. The number of aromatic nitrogens is 1. The van der Waals surface area contributed by atoms with E-state index in [1.165, 1.54) is 0 Å². The average Bonchev–Trinajstić information content (AvgIpc) is 2.81. The van der Waals surface area contributed by atoms with Crippen molar-refractivity contribution in [3.05, 3.63) is 64.3 Å². The molecule has 0 radical (unpaired) electrons. The number of aryl methyl sites for hydroxylation is 2. The standard InChI is InChI=1S/C25H26N2O5/c1-15-19-7-5-6-8-20(19)26-16(2)24(15)25(29)32-14-23(28)27-10-9-17-11-21(30-3)22(31-4)12-18(17)13-27/h5-8,11-12H,9-10,13-14H2,1-4H3. The maximum Gasteiger partial charge on any atom is 0.340 e. The summed E-state index contributed by atoms with van der Waals surface area (Å²) in [5.41, 5.74) is 4.76. The fourth-order valence-corrected chi connectivity index (χ4v) is 4.22. The lowest BCUT2D eigenvalue weighted by atomic mass is 9.99. The van der Waals surface area contributed by atoms with Crippen LogP contribution in [0.3, 0.4) is 0 Å². The van der Waals surface area contributed by atoms with Gasteiger partial charge in [-0.3, -0.25) is 9.78 Å². The highest BCUT2D eigenvalue weighted by Gasteiger charge is 2.25. The summed E-state index contributed by atoms with van der Waals surface area (Å²) in [7, 11) is 3.19. The zero-order chi connectivity index (χ0) is 22.8. The van der Waals surface area contributed by atoms with E-state index in [1.807, 2.05) is 43.3 Å². The molecule has 0 fully saturated rings. The van der Waals surface area contributed by atoms with Crippen molar-refractivity contribution >= 4 is 22.8 Å². The molecule has 32 heavy (non-hydrogen) atoms. The first-order valence-corrected chi connectivity index (χ1v) is 10.5. The third-order valence-corrected chi connectivity index (χ3v) is 5.93. The Bertz CT molecular complexity index is 1200. The van der Waals surface area contributed by atoms with Crippen LogP contribution in [0.15, 0.2) is 36.4 Å². The number of carbonyl (C=O) groups excluding carboxylic acids is 2. The molecule has 1 aliphatic heterocycles. The SMILES string of the molecule is COc1cc2c(cc1OC)CN(C(=O)COC(=O)c1c(C)nc3ccccc3c1C)CC2. The van der Waals surface area contributed by atoms with Crippen molar-refractivity contribution in [3.8, 4) is 11.5 Å². The Kier molecular flexibility index (Phi) is 5.99. The normalized spacial score (nSPS) is 12.9. The van der Waals surface area contributed by atoms with Gasteiger partial charge >= 0.3 is 5.97 Å². The number of ether oxygens (including phenoxy) is 3. The predicted molar refractivity (Wildman–Crippen MR) is 120 cm³/mol. The molecular formula is C25H26N2O5. The number of pyridine rings is 1. The third kappa shape index (κ3) is 3.98. The molecule has 0 bridgehead atoms. The van der Waals surface area contributed by atoms with Gasteiger partial charge in [-0.05, 0) is 55.2 Å². The Morgan fingerprint density at radius 2 is 1.72 bits per heavy atom.